The number of hydrogen-bond donors (Lipinski definition) is 3. The lowest BCUT2D eigenvalue weighted by molar-refractivity contribution is -0.119. The topological polar surface area (TPSA) is 96.2 Å². The number of hydrazine groups is 1. The number of hydrogen-bond acceptors (Lipinski definition) is 7. The van der Waals surface area contributed by atoms with Gasteiger partial charge >= 0.3 is 0 Å². The van der Waals surface area contributed by atoms with Crippen molar-refractivity contribution in [2.24, 2.45) is 5.84 Å². The van der Waals surface area contributed by atoms with Gasteiger partial charge in [0.05, 0.1) is 0 Å². The van der Waals surface area contributed by atoms with Crippen molar-refractivity contribution in [3.63, 3.8) is 0 Å². The third-order valence-electron chi connectivity index (χ3n) is 2.74. The van der Waals surface area contributed by atoms with Gasteiger partial charge in [0.2, 0.25) is 5.91 Å². The van der Waals surface area contributed by atoms with Crippen LogP contribution in [0, 0.1) is 0 Å². The molecule has 7 nitrogen and oxygen atoms in total. The van der Waals surface area contributed by atoms with Crippen LogP contribution in [0.25, 0.3) is 0 Å². The lowest BCUT2D eigenvalue weighted by atomic mass is 10.2. The summed E-state index contributed by atoms with van der Waals surface area (Å²) in [4.78, 5) is 13.2. The first-order valence-electron chi connectivity index (χ1n) is 5.46. The molecule has 1 aromatic rings. The third-order valence-corrected chi connectivity index (χ3v) is 3.44. The molecule has 0 radical (unpaired) electrons. The van der Waals surface area contributed by atoms with Gasteiger partial charge in [0, 0.05) is 44.1 Å². The van der Waals surface area contributed by atoms with Crippen LogP contribution in [-0.4, -0.2) is 39.5 Å². The second kappa shape index (κ2) is 5.39. The van der Waals surface area contributed by atoms with Crippen LogP contribution < -0.4 is 16.6 Å². The van der Waals surface area contributed by atoms with Crippen LogP contribution in [-0.2, 0) is 11.3 Å². The average molecular weight is 256 g/mol. The van der Waals surface area contributed by atoms with Gasteiger partial charge in [0.15, 0.2) is 0 Å². The number of amides is 1. The quantitative estimate of drug-likeness (QED) is 0.498. The number of rotatable bonds is 4. The molecule has 1 amide bonds. The van der Waals surface area contributed by atoms with E-state index in [2.05, 4.69) is 25.2 Å². The molecule has 0 saturated carbocycles. The summed E-state index contributed by atoms with van der Waals surface area (Å²) in [6.07, 6.45) is 0.975. The van der Waals surface area contributed by atoms with E-state index in [1.807, 2.05) is 0 Å². The number of carbonyl (C=O) groups excluding carboxylic acids is 1. The van der Waals surface area contributed by atoms with Crippen molar-refractivity contribution < 1.29 is 4.79 Å². The van der Waals surface area contributed by atoms with Crippen molar-refractivity contribution in [1.82, 2.24) is 19.8 Å². The van der Waals surface area contributed by atoms with Crippen LogP contribution in [0.15, 0.2) is 0 Å². The summed E-state index contributed by atoms with van der Waals surface area (Å²) in [6.45, 7) is 4.06. The summed E-state index contributed by atoms with van der Waals surface area (Å²) in [7, 11) is 0. The van der Waals surface area contributed by atoms with E-state index in [0.29, 0.717) is 6.54 Å². The number of anilines is 1. The summed E-state index contributed by atoms with van der Waals surface area (Å²) in [5.74, 6) is 5.39. The molecule has 0 bridgehead atoms. The molecule has 0 aliphatic carbocycles. The highest BCUT2D eigenvalue weighted by molar-refractivity contribution is 7.10. The Morgan fingerprint density at radius 2 is 2.53 bits per heavy atom. The van der Waals surface area contributed by atoms with Gasteiger partial charge in [-0.2, -0.15) is 0 Å². The molecule has 94 valence electrons. The van der Waals surface area contributed by atoms with Gasteiger partial charge in [-0.05, 0) is 6.42 Å². The van der Waals surface area contributed by atoms with E-state index in [9.17, 15) is 4.79 Å². The first-order valence-corrected chi connectivity index (χ1v) is 6.23. The van der Waals surface area contributed by atoms with Gasteiger partial charge in [-0.1, -0.05) is 4.49 Å². The number of nitrogens with one attached hydrogen (secondary N) is 2. The summed E-state index contributed by atoms with van der Waals surface area (Å²) >= 11 is 1.25. The molecule has 1 aliphatic heterocycles. The summed E-state index contributed by atoms with van der Waals surface area (Å²) < 4.78 is 3.86. The molecule has 1 aliphatic rings. The molecule has 2 rings (SSSR count). The molecule has 4 N–H and O–H groups in total. The number of likely N-dealkylation sites (tertiary alicyclic amines) is 1. The van der Waals surface area contributed by atoms with Crippen molar-refractivity contribution in [2.75, 3.05) is 18.5 Å². The van der Waals surface area contributed by atoms with Gasteiger partial charge in [0.25, 0.3) is 0 Å². The highest BCUT2D eigenvalue weighted by atomic mass is 32.1. The van der Waals surface area contributed by atoms with E-state index < -0.39 is 0 Å². The van der Waals surface area contributed by atoms with E-state index in [1.54, 1.807) is 6.92 Å². The normalized spacial score (nSPS) is 20.5. The minimum atomic E-state index is 0.0245. The summed E-state index contributed by atoms with van der Waals surface area (Å²) in [5.41, 5.74) is 3.45. The zero-order valence-corrected chi connectivity index (χ0v) is 10.5. The van der Waals surface area contributed by atoms with Crippen molar-refractivity contribution in [2.45, 2.75) is 25.9 Å². The second-order valence-electron chi connectivity index (χ2n) is 4.11. The third kappa shape index (κ3) is 3.11. The minimum absolute atomic E-state index is 0.0245. The number of nitrogens with two attached hydrogens (primary N) is 1. The molecule has 0 spiro atoms. The van der Waals surface area contributed by atoms with Gasteiger partial charge in [0.1, 0.15) is 10.7 Å². The maximum atomic E-state index is 10.9. The van der Waals surface area contributed by atoms with E-state index in [-0.39, 0.29) is 11.9 Å². The Bertz CT molecular complexity index is 395. The predicted octanol–water partition coefficient (Wildman–Crippen LogP) is -0.466. The molecular weight excluding hydrogens is 240 g/mol. The SMILES string of the molecule is CC(=O)NC1CCN(Cc2nnsc2NN)C1. The largest absolute Gasteiger partial charge is 0.352 e. The van der Waals surface area contributed by atoms with Gasteiger partial charge in [-0.15, -0.1) is 5.10 Å². The molecule has 1 aromatic heterocycles. The van der Waals surface area contributed by atoms with Crippen LogP contribution in [0.4, 0.5) is 5.00 Å². The van der Waals surface area contributed by atoms with E-state index >= 15 is 0 Å². The number of nitrogen functional groups attached to an aromatic ring is 1. The van der Waals surface area contributed by atoms with Crippen molar-refractivity contribution in [3.05, 3.63) is 5.69 Å². The molecule has 1 atom stereocenters. The van der Waals surface area contributed by atoms with Crippen LogP contribution >= 0.6 is 11.5 Å². The van der Waals surface area contributed by atoms with Crippen molar-refractivity contribution in [1.29, 1.82) is 0 Å². The molecular formula is C9H16N6OS. The summed E-state index contributed by atoms with van der Waals surface area (Å²) in [5, 5.41) is 7.76. The molecule has 8 heteroatoms. The molecule has 0 aromatic carbocycles. The highest BCUT2D eigenvalue weighted by Gasteiger charge is 2.24. The fourth-order valence-electron chi connectivity index (χ4n) is 2.02. The van der Waals surface area contributed by atoms with Crippen LogP contribution in [0.5, 0.6) is 0 Å². The number of aromatic nitrogens is 2. The number of carbonyl (C=O) groups is 1. The first kappa shape index (κ1) is 12.2. The van der Waals surface area contributed by atoms with Crippen LogP contribution in [0.2, 0.25) is 0 Å². The van der Waals surface area contributed by atoms with E-state index in [0.717, 1.165) is 30.2 Å². The van der Waals surface area contributed by atoms with Gasteiger partial charge in [-0.3, -0.25) is 9.69 Å². The Balaban J connectivity index is 1.87. The van der Waals surface area contributed by atoms with Crippen LogP contribution in [0.1, 0.15) is 19.0 Å². The Hall–Kier alpha value is -1.25. The number of nitrogens with zero attached hydrogens (tertiary/aromatic N) is 3. The maximum Gasteiger partial charge on any atom is 0.217 e. The Labute approximate surface area is 104 Å². The molecule has 1 saturated heterocycles. The predicted molar refractivity (Wildman–Crippen MR) is 65.2 cm³/mol. The lowest BCUT2D eigenvalue weighted by Crippen LogP contribution is -2.35. The van der Waals surface area contributed by atoms with Gasteiger partial charge < -0.3 is 10.7 Å². The maximum absolute atomic E-state index is 10.9. The Morgan fingerprint density at radius 1 is 1.71 bits per heavy atom. The van der Waals surface area contributed by atoms with Gasteiger partial charge in [-0.25, -0.2) is 5.84 Å². The highest BCUT2D eigenvalue weighted by Crippen LogP contribution is 2.20. The standard InChI is InChI=1S/C9H16N6OS/c1-6(16)11-7-2-3-15(4-7)5-8-9(12-10)17-14-13-8/h7,12H,2-5,10H2,1H3,(H,11,16). The van der Waals surface area contributed by atoms with Crippen LogP contribution in [0.3, 0.4) is 0 Å². The fourth-order valence-corrected chi connectivity index (χ4v) is 2.50. The minimum Gasteiger partial charge on any atom is -0.352 e. The zero-order chi connectivity index (χ0) is 12.3. The average Bonchev–Trinajstić information content (AvgIpc) is 2.87. The first-order chi connectivity index (χ1) is 8.19. The van der Waals surface area contributed by atoms with E-state index in [4.69, 9.17) is 5.84 Å². The zero-order valence-electron chi connectivity index (χ0n) is 9.64. The van der Waals surface area contributed by atoms with Crippen molar-refractivity contribution >= 4 is 22.4 Å². The summed E-state index contributed by atoms with van der Waals surface area (Å²) in [6, 6.07) is 0.244. The fraction of sp³-hybridized carbons (Fsp3) is 0.667. The molecule has 17 heavy (non-hydrogen) atoms. The monoisotopic (exact) mass is 256 g/mol. The van der Waals surface area contributed by atoms with Crippen molar-refractivity contribution in [3.8, 4) is 0 Å². The lowest BCUT2D eigenvalue weighted by Gasteiger charge is -2.15. The second-order valence-corrected chi connectivity index (χ2v) is 4.87. The Morgan fingerprint density at radius 3 is 3.24 bits per heavy atom. The molecule has 2 heterocycles. The smallest absolute Gasteiger partial charge is 0.217 e. The molecule has 1 fully saturated rings. The Kier molecular flexibility index (Phi) is 3.87. The molecule has 1 unspecified atom stereocenters. The van der Waals surface area contributed by atoms with E-state index in [1.165, 1.54) is 11.5 Å².